The Bertz CT molecular complexity index is 486. The van der Waals surface area contributed by atoms with Crippen LogP contribution in [0.2, 0.25) is 0 Å². The number of pyridine rings is 1. The third-order valence-electron chi connectivity index (χ3n) is 3.30. The molecule has 1 aromatic rings. The van der Waals surface area contributed by atoms with Crippen LogP contribution in [0.4, 0.5) is 5.69 Å². The molecule has 0 aliphatic carbocycles. The fraction of sp³-hybridized carbons (Fsp3) is 0.583. The molecule has 1 aliphatic heterocycles. The Morgan fingerprint density at radius 3 is 2.79 bits per heavy atom. The highest BCUT2D eigenvalue weighted by molar-refractivity contribution is 7.92. The van der Waals surface area contributed by atoms with E-state index in [1.165, 1.54) is 4.31 Å². The van der Waals surface area contributed by atoms with Crippen LogP contribution in [0.1, 0.15) is 0 Å². The zero-order valence-corrected chi connectivity index (χ0v) is 11.9. The Labute approximate surface area is 114 Å². The van der Waals surface area contributed by atoms with E-state index in [0.29, 0.717) is 12.2 Å². The van der Waals surface area contributed by atoms with Gasteiger partial charge in [-0.25, -0.2) is 8.42 Å². The van der Waals surface area contributed by atoms with Crippen molar-refractivity contribution in [3.63, 3.8) is 0 Å². The minimum atomic E-state index is -3.28. The van der Waals surface area contributed by atoms with Gasteiger partial charge in [-0.3, -0.25) is 14.2 Å². The van der Waals surface area contributed by atoms with Gasteiger partial charge in [-0.1, -0.05) is 0 Å². The van der Waals surface area contributed by atoms with Crippen molar-refractivity contribution < 1.29 is 8.42 Å². The van der Waals surface area contributed by atoms with E-state index in [4.69, 9.17) is 0 Å². The summed E-state index contributed by atoms with van der Waals surface area (Å²) in [6.07, 6.45) is 3.19. The topological polar surface area (TPSA) is 65.5 Å². The molecule has 2 heterocycles. The minimum absolute atomic E-state index is 0.137. The van der Waals surface area contributed by atoms with Gasteiger partial charge in [0.05, 0.1) is 17.6 Å². The van der Waals surface area contributed by atoms with Gasteiger partial charge in [0.1, 0.15) is 0 Å². The third-order valence-corrected chi connectivity index (χ3v) is 5.05. The van der Waals surface area contributed by atoms with Crippen molar-refractivity contribution in [3.8, 4) is 0 Å². The molecule has 0 bridgehead atoms. The van der Waals surface area contributed by atoms with E-state index < -0.39 is 10.0 Å². The largest absolute Gasteiger partial charge is 0.314 e. The van der Waals surface area contributed by atoms with Crippen molar-refractivity contribution in [3.05, 3.63) is 24.5 Å². The average Bonchev–Trinajstić information content (AvgIpc) is 2.46. The molecule has 0 amide bonds. The first-order valence-corrected chi connectivity index (χ1v) is 8.00. The number of sulfonamides is 1. The molecule has 1 aromatic heterocycles. The van der Waals surface area contributed by atoms with Gasteiger partial charge in [-0.05, 0) is 12.1 Å². The lowest BCUT2D eigenvalue weighted by Crippen LogP contribution is -2.46. The maximum absolute atomic E-state index is 12.2. The summed E-state index contributed by atoms with van der Waals surface area (Å²) in [5.41, 5.74) is 0.600. The van der Waals surface area contributed by atoms with Crippen LogP contribution >= 0.6 is 0 Å². The van der Waals surface area contributed by atoms with Crippen LogP contribution in [0.3, 0.4) is 0 Å². The molecule has 0 radical (unpaired) electrons. The average molecular weight is 284 g/mol. The fourth-order valence-electron chi connectivity index (χ4n) is 2.02. The van der Waals surface area contributed by atoms with Crippen LogP contribution in [0.5, 0.6) is 0 Å². The Morgan fingerprint density at radius 2 is 2.16 bits per heavy atom. The molecule has 1 saturated heterocycles. The molecule has 1 N–H and O–H groups in total. The highest BCUT2D eigenvalue weighted by atomic mass is 32.2. The number of piperazine rings is 1. The van der Waals surface area contributed by atoms with Crippen molar-refractivity contribution in [2.75, 3.05) is 49.8 Å². The number of hydrogen-bond donors (Lipinski definition) is 1. The zero-order chi connectivity index (χ0) is 13.7. The summed E-state index contributed by atoms with van der Waals surface area (Å²) < 4.78 is 25.8. The van der Waals surface area contributed by atoms with Gasteiger partial charge in [0, 0.05) is 46.0 Å². The summed E-state index contributed by atoms with van der Waals surface area (Å²) in [6.45, 7) is 4.25. The Hall–Kier alpha value is -1.18. The molecular weight excluding hydrogens is 264 g/mol. The van der Waals surface area contributed by atoms with E-state index >= 15 is 0 Å². The molecule has 0 atom stereocenters. The van der Waals surface area contributed by atoms with Gasteiger partial charge in [0.2, 0.25) is 10.0 Å². The standard InChI is InChI=1S/C12H20N4O2S/c1-15(12-3-2-4-14-11-12)19(17,18)10-9-16-7-5-13-6-8-16/h2-4,11,13H,5-10H2,1H3. The maximum Gasteiger partial charge on any atom is 0.236 e. The van der Waals surface area contributed by atoms with Gasteiger partial charge in [-0.2, -0.15) is 0 Å². The molecule has 7 heteroatoms. The number of anilines is 1. The van der Waals surface area contributed by atoms with Gasteiger partial charge < -0.3 is 5.32 Å². The lowest BCUT2D eigenvalue weighted by molar-refractivity contribution is 0.254. The first-order valence-electron chi connectivity index (χ1n) is 6.39. The highest BCUT2D eigenvalue weighted by Gasteiger charge is 2.20. The van der Waals surface area contributed by atoms with Crippen molar-refractivity contribution in [2.45, 2.75) is 0 Å². The van der Waals surface area contributed by atoms with E-state index in [0.717, 1.165) is 26.2 Å². The summed E-state index contributed by atoms with van der Waals surface area (Å²) in [6, 6.07) is 3.48. The summed E-state index contributed by atoms with van der Waals surface area (Å²) in [4.78, 5) is 6.12. The Balaban J connectivity index is 1.94. The van der Waals surface area contributed by atoms with Crippen LogP contribution in [-0.4, -0.2) is 63.8 Å². The molecule has 0 spiro atoms. The normalized spacial score (nSPS) is 17.3. The number of nitrogens with zero attached hydrogens (tertiary/aromatic N) is 3. The van der Waals surface area contributed by atoms with E-state index in [9.17, 15) is 8.42 Å². The van der Waals surface area contributed by atoms with Crippen LogP contribution in [0.15, 0.2) is 24.5 Å². The summed E-state index contributed by atoms with van der Waals surface area (Å²) >= 11 is 0. The number of hydrogen-bond acceptors (Lipinski definition) is 5. The monoisotopic (exact) mass is 284 g/mol. The predicted molar refractivity (Wildman–Crippen MR) is 75.7 cm³/mol. The molecule has 1 fully saturated rings. The lowest BCUT2D eigenvalue weighted by atomic mass is 10.4. The van der Waals surface area contributed by atoms with E-state index in [1.54, 1.807) is 31.6 Å². The van der Waals surface area contributed by atoms with Gasteiger partial charge >= 0.3 is 0 Å². The quantitative estimate of drug-likeness (QED) is 0.808. The lowest BCUT2D eigenvalue weighted by Gasteiger charge is -2.28. The summed E-state index contributed by atoms with van der Waals surface area (Å²) in [5, 5.41) is 3.25. The molecule has 0 aromatic carbocycles. The van der Waals surface area contributed by atoms with E-state index in [2.05, 4.69) is 15.2 Å². The molecule has 0 saturated carbocycles. The number of aromatic nitrogens is 1. The van der Waals surface area contributed by atoms with Crippen LogP contribution in [0.25, 0.3) is 0 Å². The van der Waals surface area contributed by atoms with Crippen molar-refractivity contribution in [2.24, 2.45) is 0 Å². The Morgan fingerprint density at radius 1 is 1.42 bits per heavy atom. The maximum atomic E-state index is 12.2. The second-order valence-electron chi connectivity index (χ2n) is 4.59. The molecule has 2 rings (SSSR count). The molecule has 19 heavy (non-hydrogen) atoms. The fourth-order valence-corrected chi connectivity index (χ4v) is 3.21. The van der Waals surface area contributed by atoms with Crippen LogP contribution < -0.4 is 9.62 Å². The molecule has 106 valence electrons. The van der Waals surface area contributed by atoms with Gasteiger partial charge in [0.15, 0.2) is 0 Å². The van der Waals surface area contributed by atoms with Crippen molar-refractivity contribution in [1.29, 1.82) is 0 Å². The third kappa shape index (κ3) is 3.89. The zero-order valence-electron chi connectivity index (χ0n) is 11.1. The Kier molecular flexibility index (Phi) is 4.73. The highest BCUT2D eigenvalue weighted by Crippen LogP contribution is 2.14. The number of nitrogens with one attached hydrogen (secondary N) is 1. The predicted octanol–water partition coefficient (Wildman–Crippen LogP) is -0.247. The summed E-state index contributed by atoms with van der Waals surface area (Å²) in [7, 11) is -1.71. The minimum Gasteiger partial charge on any atom is -0.314 e. The molecule has 1 aliphatic rings. The molecular formula is C12H20N4O2S. The first kappa shape index (κ1) is 14.2. The SMILES string of the molecule is CN(c1cccnc1)S(=O)(=O)CCN1CCNCC1. The van der Waals surface area contributed by atoms with Crippen molar-refractivity contribution >= 4 is 15.7 Å². The molecule has 0 unspecified atom stereocenters. The van der Waals surface area contributed by atoms with E-state index in [-0.39, 0.29) is 5.75 Å². The van der Waals surface area contributed by atoms with Gasteiger partial charge in [-0.15, -0.1) is 0 Å². The smallest absolute Gasteiger partial charge is 0.236 e. The second kappa shape index (κ2) is 6.31. The second-order valence-corrected chi connectivity index (χ2v) is 6.71. The van der Waals surface area contributed by atoms with Gasteiger partial charge in [0.25, 0.3) is 0 Å². The van der Waals surface area contributed by atoms with Crippen LogP contribution in [0, 0.1) is 0 Å². The van der Waals surface area contributed by atoms with Crippen LogP contribution in [-0.2, 0) is 10.0 Å². The van der Waals surface area contributed by atoms with E-state index in [1.807, 2.05) is 0 Å². The first-order chi connectivity index (χ1) is 9.09. The molecule has 6 nitrogen and oxygen atoms in total. The van der Waals surface area contributed by atoms with Crippen molar-refractivity contribution in [1.82, 2.24) is 15.2 Å². The number of rotatable bonds is 5. The summed E-state index contributed by atoms with van der Waals surface area (Å²) in [5.74, 6) is 0.137.